The van der Waals surface area contributed by atoms with Crippen molar-refractivity contribution in [2.45, 2.75) is 24.7 Å². The van der Waals surface area contributed by atoms with Crippen LogP contribution in [0.15, 0.2) is 47.4 Å². The van der Waals surface area contributed by atoms with Crippen LogP contribution in [-0.4, -0.2) is 28.0 Å². The molecule has 1 aliphatic heterocycles. The van der Waals surface area contributed by atoms with Gasteiger partial charge < -0.3 is 9.64 Å². The SMILES string of the molecule is COc1cc(NS(=O)(=O)c2ccc(C)cc2)ccc1N1CCCC1=O. The number of hydrogen-bond donors (Lipinski definition) is 1. The Balaban J connectivity index is 1.88. The third kappa shape index (κ3) is 3.61. The Bertz CT molecular complexity index is 892. The number of amides is 1. The topological polar surface area (TPSA) is 75.7 Å². The lowest BCUT2D eigenvalue weighted by molar-refractivity contribution is -0.117. The number of nitrogens with one attached hydrogen (secondary N) is 1. The molecule has 7 heteroatoms. The minimum absolute atomic E-state index is 0.0475. The third-order valence-electron chi connectivity index (χ3n) is 4.13. The summed E-state index contributed by atoms with van der Waals surface area (Å²) in [5.74, 6) is 0.505. The highest BCUT2D eigenvalue weighted by Crippen LogP contribution is 2.34. The Morgan fingerprint density at radius 3 is 2.44 bits per heavy atom. The van der Waals surface area contributed by atoms with Crippen LogP contribution in [0.3, 0.4) is 0 Å². The highest BCUT2D eigenvalue weighted by atomic mass is 32.2. The van der Waals surface area contributed by atoms with E-state index in [1.54, 1.807) is 47.4 Å². The number of nitrogens with zero attached hydrogens (tertiary/aromatic N) is 1. The number of carbonyl (C=O) groups is 1. The molecule has 1 heterocycles. The predicted octanol–water partition coefficient (Wildman–Crippen LogP) is 2.93. The first-order chi connectivity index (χ1) is 11.9. The third-order valence-corrected chi connectivity index (χ3v) is 5.52. The zero-order valence-corrected chi connectivity index (χ0v) is 15.0. The van der Waals surface area contributed by atoms with Crippen LogP contribution in [-0.2, 0) is 14.8 Å². The molecular formula is C18H20N2O4S. The molecule has 0 atom stereocenters. The van der Waals surface area contributed by atoms with Gasteiger partial charge in [0.15, 0.2) is 0 Å². The molecule has 0 spiro atoms. The molecular weight excluding hydrogens is 340 g/mol. The summed E-state index contributed by atoms with van der Waals surface area (Å²) in [5.41, 5.74) is 2.02. The van der Waals surface area contributed by atoms with Gasteiger partial charge in [-0.1, -0.05) is 17.7 Å². The van der Waals surface area contributed by atoms with Crippen LogP contribution in [0.5, 0.6) is 5.75 Å². The van der Waals surface area contributed by atoms with Gasteiger partial charge in [-0.15, -0.1) is 0 Å². The van der Waals surface area contributed by atoms with Gasteiger partial charge in [-0.05, 0) is 37.6 Å². The highest BCUT2D eigenvalue weighted by Gasteiger charge is 2.25. The fourth-order valence-electron chi connectivity index (χ4n) is 2.80. The van der Waals surface area contributed by atoms with Crippen LogP contribution in [0.2, 0.25) is 0 Å². The summed E-state index contributed by atoms with van der Waals surface area (Å²) in [5, 5.41) is 0. The number of aryl methyl sites for hydroxylation is 1. The standard InChI is InChI=1S/C18H20N2O4S/c1-13-5-8-15(9-6-13)25(22,23)19-14-7-10-16(17(12-14)24-2)20-11-3-4-18(20)21/h5-10,12,19H,3-4,11H2,1-2H3. The van der Waals surface area contributed by atoms with E-state index in [2.05, 4.69) is 4.72 Å². The van der Waals surface area contributed by atoms with Crippen molar-refractivity contribution in [3.63, 3.8) is 0 Å². The Morgan fingerprint density at radius 2 is 1.84 bits per heavy atom. The predicted molar refractivity (Wildman–Crippen MR) is 96.6 cm³/mol. The van der Waals surface area contributed by atoms with Crippen molar-refractivity contribution in [1.29, 1.82) is 0 Å². The summed E-state index contributed by atoms with van der Waals surface area (Å²) in [6.45, 7) is 2.54. The van der Waals surface area contributed by atoms with E-state index < -0.39 is 10.0 Å². The number of ether oxygens (including phenoxy) is 1. The molecule has 0 saturated carbocycles. The quantitative estimate of drug-likeness (QED) is 0.889. The largest absolute Gasteiger partial charge is 0.494 e. The second-order valence-electron chi connectivity index (χ2n) is 5.95. The molecule has 0 aliphatic carbocycles. The molecule has 0 radical (unpaired) electrons. The van der Waals surface area contributed by atoms with E-state index in [1.807, 2.05) is 6.92 Å². The van der Waals surface area contributed by atoms with Gasteiger partial charge in [-0.25, -0.2) is 8.42 Å². The van der Waals surface area contributed by atoms with Gasteiger partial charge in [0, 0.05) is 19.0 Å². The summed E-state index contributed by atoms with van der Waals surface area (Å²) in [6.07, 6.45) is 1.33. The maximum atomic E-state index is 12.5. The Morgan fingerprint density at radius 1 is 1.12 bits per heavy atom. The summed E-state index contributed by atoms with van der Waals surface area (Å²) >= 11 is 0. The minimum atomic E-state index is -3.68. The second-order valence-corrected chi connectivity index (χ2v) is 7.64. The molecule has 6 nitrogen and oxygen atoms in total. The minimum Gasteiger partial charge on any atom is -0.494 e. The number of sulfonamides is 1. The lowest BCUT2D eigenvalue weighted by atomic mass is 10.2. The van der Waals surface area contributed by atoms with Crippen LogP contribution >= 0.6 is 0 Å². The van der Waals surface area contributed by atoms with Crippen molar-refractivity contribution < 1.29 is 17.9 Å². The van der Waals surface area contributed by atoms with Crippen LogP contribution in [0.25, 0.3) is 0 Å². The summed E-state index contributed by atoms with van der Waals surface area (Å²) in [7, 11) is -2.19. The number of carbonyl (C=O) groups excluding carboxylic acids is 1. The fourth-order valence-corrected chi connectivity index (χ4v) is 3.85. The van der Waals surface area contributed by atoms with Gasteiger partial charge in [-0.2, -0.15) is 0 Å². The number of methoxy groups -OCH3 is 1. The van der Waals surface area contributed by atoms with Crippen molar-refractivity contribution in [3.05, 3.63) is 48.0 Å². The van der Waals surface area contributed by atoms with Crippen molar-refractivity contribution >= 4 is 27.3 Å². The second kappa shape index (κ2) is 6.76. The Hall–Kier alpha value is -2.54. The highest BCUT2D eigenvalue weighted by molar-refractivity contribution is 7.92. The molecule has 1 amide bonds. The first-order valence-electron chi connectivity index (χ1n) is 7.98. The first-order valence-corrected chi connectivity index (χ1v) is 9.47. The average molecular weight is 360 g/mol. The van der Waals surface area contributed by atoms with E-state index in [4.69, 9.17) is 4.74 Å². The monoisotopic (exact) mass is 360 g/mol. The molecule has 25 heavy (non-hydrogen) atoms. The van der Waals surface area contributed by atoms with Gasteiger partial charge in [-0.3, -0.25) is 9.52 Å². The van der Waals surface area contributed by atoms with E-state index >= 15 is 0 Å². The smallest absolute Gasteiger partial charge is 0.261 e. The molecule has 0 bridgehead atoms. The molecule has 1 N–H and O–H groups in total. The van der Waals surface area contributed by atoms with Gasteiger partial charge in [0.1, 0.15) is 5.75 Å². The average Bonchev–Trinajstić information content (AvgIpc) is 3.00. The molecule has 1 aliphatic rings. The number of anilines is 2. The zero-order valence-electron chi connectivity index (χ0n) is 14.2. The van der Waals surface area contributed by atoms with Crippen molar-refractivity contribution in [2.75, 3.05) is 23.3 Å². The summed E-state index contributed by atoms with van der Waals surface area (Å²) in [4.78, 5) is 13.8. The van der Waals surface area contributed by atoms with Gasteiger partial charge in [0.2, 0.25) is 5.91 Å². The molecule has 2 aromatic carbocycles. The van der Waals surface area contributed by atoms with Crippen LogP contribution in [0.4, 0.5) is 11.4 Å². The maximum absolute atomic E-state index is 12.5. The van der Waals surface area contributed by atoms with Gasteiger partial charge >= 0.3 is 0 Å². The van der Waals surface area contributed by atoms with Gasteiger partial charge in [0.25, 0.3) is 10.0 Å². The van der Waals surface area contributed by atoms with E-state index in [0.29, 0.717) is 30.1 Å². The normalized spacial score (nSPS) is 14.6. The van der Waals surface area contributed by atoms with Crippen LogP contribution in [0.1, 0.15) is 18.4 Å². The van der Waals surface area contributed by atoms with Crippen molar-refractivity contribution in [1.82, 2.24) is 0 Å². The van der Waals surface area contributed by atoms with E-state index in [0.717, 1.165) is 12.0 Å². The lowest BCUT2D eigenvalue weighted by Crippen LogP contribution is -2.24. The Kier molecular flexibility index (Phi) is 4.67. The summed E-state index contributed by atoms with van der Waals surface area (Å²) in [6, 6.07) is 11.5. The fraction of sp³-hybridized carbons (Fsp3) is 0.278. The molecule has 2 aromatic rings. The van der Waals surface area contributed by atoms with Crippen LogP contribution < -0.4 is 14.4 Å². The Labute approximate surface area is 147 Å². The van der Waals surface area contributed by atoms with Crippen LogP contribution in [0, 0.1) is 6.92 Å². The van der Waals surface area contributed by atoms with Crippen molar-refractivity contribution in [2.24, 2.45) is 0 Å². The number of rotatable bonds is 5. The number of hydrogen-bond acceptors (Lipinski definition) is 4. The molecule has 132 valence electrons. The molecule has 1 saturated heterocycles. The van der Waals surface area contributed by atoms with E-state index in [1.165, 1.54) is 7.11 Å². The molecule has 0 unspecified atom stereocenters. The lowest BCUT2D eigenvalue weighted by Gasteiger charge is -2.20. The summed E-state index contributed by atoms with van der Waals surface area (Å²) < 4.78 is 32.9. The molecule has 0 aromatic heterocycles. The first kappa shape index (κ1) is 17.3. The maximum Gasteiger partial charge on any atom is 0.261 e. The molecule has 3 rings (SSSR count). The van der Waals surface area contributed by atoms with E-state index in [9.17, 15) is 13.2 Å². The molecule has 1 fully saturated rings. The van der Waals surface area contributed by atoms with E-state index in [-0.39, 0.29) is 10.8 Å². The van der Waals surface area contributed by atoms with Crippen molar-refractivity contribution in [3.8, 4) is 5.75 Å². The number of benzene rings is 2. The zero-order chi connectivity index (χ0) is 18.0. The van der Waals surface area contributed by atoms with Gasteiger partial charge in [0.05, 0.1) is 23.4 Å².